The van der Waals surface area contributed by atoms with Crippen LogP contribution in [0.3, 0.4) is 0 Å². The molecule has 0 bridgehead atoms. The van der Waals surface area contributed by atoms with E-state index in [1.165, 1.54) is 5.56 Å². The fourth-order valence-electron chi connectivity index (χ4n) is 1.53. The second-order valence-corrected chi connectivity index (χ2v) is 4.30. The number of hydrogen-bond acceptors (Lipinski definition) is 2. The van der Waals surface area contributed by atoms with Crippen LogP contribution in [-0.2, 0) is 5.54 Å². The van der Waals surface area contributed by atoms with Gasteiger partial charge < -0.3 is 0 Å². The normalized spacial score (nSPS) is 12.5. The van der Waals surface area contributed by atoms with Crippen LogP contribution < -0.4 is 0 Å². The quantitative estimate of drug-likeness (QED) is 0.678. The van der Waals surface area contributed by atoms with Crippen molar-refractivity contribution in [3.05, 3.63) is 35.9 Å². The SMILES string of the molecule is CN(C)N(C)C(C)(C)c1ccccc1. The van der Waals surface area contributed by atoms with Crippen LogP contribution in [0.25, 0.3) is 0 Å². The molecule has 2 heteroatoms. The van der Waals surface area contributed by atoms with Crippen molar-refractivity contribution < 1.29 is 0 Å². The molecule has 2 nitrogen and oxygen atoms in total. The van der Waals surface area contributed by atoms with E-state index in [1.807, 2.05) is 0 Å². The lowest BCUT2D eigenvalue weighted by molar-refractivity contribution is -0.0392. The van der Waals surface area contributed by atoms with Crippen LogP contribution in [0.1, 0.15) is 19.4 Å². The van der Waals surface area contributed by atoms with Crippen LogP contribution in [0, 0.1) is 0 Å². The molecule has 0 amide bonds. The van der Waals surface area contributed by atoms with Gasteiger partial charge in [0, 0.05) is 21.1 Å². The molecule has 0 aliphatic rings. The van der Waals surface area contributed by atoms with Gasteiger partial charge >= 0.3 is 0 Å². The molecule has 0 N–H and O–H groups in total. The van der Waals surface area contributed by atoms with Crippen molar-refractivity contribution >= 4 is 0 Å². The Hall–Kier alpha value is -0.860. The van der Waals surface area contributed by atoms with E-state index in [4.69, 9.17) is 0 Å². The second-order valence-electron chi connectivity index (χ2n) is 4.30. The number of rotatable bonds is 3. The van der Waals surface area contributed by atoms with Crippen LogP contribution in [0.4, 0.5) is 0 Å². The molecular weight excluding hydrogens is 172 g/mol. The van der Waals surface area contributed by atoms with Gasteiger partial charge in [0.15, 0.2) is 0 Å². The Kier molecular flexibility index (Phi) is 3.29. The Morgan fingerprint density at radius 1 is 0.929 bits per heavy atom. The molecule has 0 heterocycles. The fraction of sp³-hybridized carbons (Fsp3) is 0.500. The lowest BCUT2D eigenvalue weighted by atomic mass is 9.94. The highest BCUT2D eigenvalue weighted by atomic mass is 15.6. The fourth-order valence-corrected chi connectivity index (χ4v) is 1.53. The summed E-state index contributed by atoms with van der Waals surface area (Å²) >= 11 is 0. The third-order valence-corrected chi connectivity index (χ3v) is 2.89. The average molecular weight is 192 g/mol. The van der Waals surface area contributed by atoms with E-state index < -0.39 is 0 Å². The van der Waals surface area contributed by atoms with Gasteiger partial charge in [-0.2, -0.15) is 0 Å². The summed E-state index contributed by atoms with van der Waals surface area (Å²) in [5, 5.41) is 4.33. The largest absolute Gasteiger partial charge is 0.247 e. The molecule has 0 unspecified atom stereocenters. The summed E-state index contributed by atoms with van der Waals surface area (Å²) in [6.07, 6.45) is 0. The smallest absolute Gasteiger partial charge is 0.0545 e. The van der Waals surface area contributed by atoms with E-state index in [1.54, 1.807) is 0 Å². The summed E-state index contributed by atoms with van der Waals surface area (Å²) in [4.78, 5) is 0. The first-order valence-corrected chi connectivity index (χ1v) is 4.93. The summed E-state index contributed by atoms with van der Waals surface area (Å²) in [5.74, 6) is 0. The maximum Gasteiger partial charge on any atom is 0.0545 e. The van der Waals surface area contributed by atoms with E-state index in [0.717, 1.165) is 0 Å². The zero-order chi connectivity index (χ0) is 10.8. The maximum atomic E-state index is 2.22. The van der Waals surface area contributed by atoms with Crippen LogP contribution in [-0.4, -0.2) is 31.2 Å². The monoisotopic (exact) mass is 192 g/mol. The number of hydrogen-bond donors (Lipinski definition) is 0. The zero-order valence-corrected chi connectivity index (χ0v) is 9.78. The molecule has 0 aliphatic carbocycles. The lowest BCUT2D eigenvalue weighted by Crippen LogP contribution is -2.46. The Labute approximate surface area is 87.1 Å². The first-order chi connectivity index (χ1) is 6.46. The first-order valence-electron chi connectivity index (χ1n) is 4.93. The minimum absolute atomic E-state index is 0.0325. The van der Waals surface area contributed by atoms with E-state index in [9.17, 15) is 0 Å². The second kappa shape index (κ2) is 4.11. The highest BCUT2D eigenvalue weighted by Crippen LogP contribution is 2.26. The van der Waals surface area contributed by atoms with Crippen molar-refractivity contribution in [1.82, 2.24) is 10.0 Å². The highest BCUT2D eigenvalue weighted by Gasteiger charge is 2.26. The van der Waals surface area contributed by atoms with Gasteiger partial charge in [0.1, 0.15) is 0 Å². The van der Waals surface area contributed by atoms with Crippen molar-refractivity contribution in [3.8, 4) is 0 Å². The van der Waals surface area contributed by atoms with Crippen molar-refractivity contribution in [2.24, 2.45) is 0 Å². The van der Waals surface area contributed by atoms with Crippen LogP contribution in [0.2, 0.25) is 0 Å². The minimum Gasteiger partial charge on any atom is -0.247 e. The van der Waals surface area contributed by atoms with Gasteiger partial charge in [-0.1, -0.05) is 30.3 Å². The predicted molar refractivity (Wildman–Crippen MR) is 60.9 cm³/mol. The number of benzene rings is 1. The van der Waals surface area contributed by atoms with Crippen LogP contribution >= 0.6 is 0 Å². The summed E-state index contributed by atoms with van der Waals surface area (Å²) in [6, 6.07) is 10.6. The maximum absolute atomic E-state index is 2.22. The predicted octanol–water partition coefficient (Wildman–Crippen LogP) is 2.33. The van der Waals surface area contributed by atoms with Gasteiger partial charge in [-0.15, -0.1) is 0 Å². The Balaban J connectivity index is 2.96. The first kappa shape index (κ1) is 11.2. The number of hydrazine groups is 1. The summed E-state index contributed by atoms with van der Waals surface area (Å²) < 4.78 is 0. The molecule has 0 saturated carbocycles. The van der Waals surface area contributed by atoms with Gasteiger partial charge in [-0.3, -0.25) is 0 Å². The third-order valence-electron chi connectivity index (χ3n) is 2.89. The van der Waals surface area contributed by atoms with Gasteiger partial charge in [-0.25, -0.2) is 10.0 Å². The standard InChI is InChI=1S/C12H20N2/c1-12(2,14(5)13(3)4)11-9-7-6-8-10-11/h6-10H,1-5H3. The highest BCUT2D eigenvalue weighted by molar-refractivity contribution is 5.22. The minimum atomic E-state index is 0.0325. The molecule has 0 fully saturated rings. The molecule has 14 heavy (non-hydrogen) atoms. The molecule has 78 valence electrons. The van der Waals surface area contributed by atoms with Crippen molar-refractivity contribution in [1.29, 1.82) is 0 Å². The molecule has 0 atom stereocenters. The van der Waals surface area contributed by atoms with Crippen molar-refractivity contribution in [3.63, 3.8) is 0 Å². The molecular formula is C12H20N2. The Bertz CT molecular complexity index is 278. The van der Waals surface area contributed by atoms with Gasteiger partial charge in [0.25, 0.3) is 0 Å². The van der Waals surface area contributed by atoms with Crippen LogP contribution in [0.15, 0.2) is 30.3 Å². The van der Waals surface area contributed by atoms with Gasteiger partial charge in [-0.05, 0) is 19.4 Å². The molecule has 1 aromatic rings. The Morgan fingerprint density at radius 3 is 1.86 bits per heavy atom. The lowest BCUT2D eigenvalue weighted by Gasteiger charge is -2.40. The van der Waals surface area contributed by atoms with E-state index in [0.29, 0.717) is 0 Å². The van der Waals surface area contributed by atoms with E-state index in [-0.39, 0.29) is 5.54 Å². The molecule has 0 aromatic heterocycles. The number of nitrogens with zero attached hydrogens (tertiary/aromatic N) is 2. The molecule has 1 rings (SSSR count). The summed E-state index contributed by atoms with van der Waals surface area (Å²) in [5.41, 5.74) is 1.36. The van der Waals surface area contributed by atoms with E-state index >= 15 is 0 Å². The van der Waals surface area contributed by atoms with Crippen molar-refractivity contribution in [2.45, 2.75) is 19.4 Å². The molecule has 0 aliphatic heterocycles. The summed E-state index contributed by atoms with van der Waals surface area (Å²) in [6.45, 7) is 4.45. The zero-order valence-electron chi connectivity index (χ0n) is 9.78. The topological polar surface area (TPSA) is 6.48 Å². The van der Waals surface area contributed by atoms with Gasteiger partial charge in [0.2, 0.25) is 0 Å². The van der Waals surface area contributed by atoms with Crippen molar-refractivity contribution in [2.75, 3.05) is 21.1 Å². The third kappa shape index (κ3) is 2.14. The molecule has 1 aromatic carbocycles. The molecule has 0 saturated heterocycles. The van der Waals surface area contributed by atoms with Crippen LogP contribution in [0.5, 0.6) is 0 Å². The molecule has 0 radical (unpaired) electrons. The average Bonchev–Trinajstić information content (AvgIpc) is 2.18. The van der Waals surface area contributed by atoms with Gasteiger partial charge in [0.05, 0.1) is 5.54 Å². The Morgan fingerprint density at radius 2 is 1.43 bits per heavy atom. The summed E-state index contributed by atoms with van der Waals surface area (Å²) in [7, 11) is 6.22. The van der Waals surface area contributed by atoms with E-state index in [2.05, 4.69) is 75.3 Å². The molecule has 0 spiro atoms.